The predicted octanol–water partition coefficient (Wildman–Crippen LogP) is 3.21. The van der Waals surface area contributed by atoms with Gasteiger partial charge in [-0.15, -0.1) is 0 Å². The van der Waals surface area contributed by atoms with Crippen LogP contribution >= 0.6 is 11.6 Å². The summed E-state index contributed by atoms with van der Waals surface area (Å²) in [4.78, 5) is 56.4. The van der Waals surface area contributed by atoms with Gasteiger partial charge in [-0.1, -0.05) is 11.6 Å². The van der Waals surface area contributed by atoms with Crippen molar-refractivity contribution in [1.29, 1.82) is 0 Å². The number of urea groups is 1. The van der Waals surface area contributed by atoms with E-state index in [1.807, 2.05) is 25.7 Å². The van der Waals surface area contributed by atoms with Gasteiger partial charge in [0.05, 0.1) is 17.3 Å². The van der Waals surface area contributed by atoms with Gasteiger partial charge in [0, 0.05) is 70.9 Å². The molecule has 1 aromatic carbocycles. The van der Waals surface area contributed by atoms with Crippen molar-refractivity contribution in [3.63, 3.8) is 0 Å². The number of hydrogen-bond acceptors (Lipinski definition) is 7. The maximum atomic E-state index is 13.2. The van der Waals surface area contributed by atoms with E-state index in [0.717, 1.165) is 32.5 Å². The van der Waals surface area contributed by atoms with Crippen LogP contribution in [0.1, 0.15) is 50.4 Å². The third-order valence-electron chi connectivity index (χ3n) is 7.37. The zero-order chi connectivity index (χ0) is 28.9. The molecule has 0 radical (unpaired) electrons. The summed E-state index contributed by atoms with van der Waals surface area (Å²) < 4.78 is 11.4. The van der Waals surface area contributed by atoms with E-state index >= 15 is 0 Å². The minimum atomic E-state index is -0.536. The van der Waals surface area contributed by atoms with Crippen LogP contribution in [0.4, 0.5) is 15.3 Å². The van der Waals surface area contributed by atoms with Gasteiger partial charge in [-0.3, -0.25) is 24.7 Å². The number of amides is 5. The zero-order valence-corrected chi connectivity index (χ0v) is 24.4. The summed E-state index contributed by atoms with van der Waals surface area (Å²) in [5, 5.41) is 2.63. The van der Waals surface area contributed by atoms with Gasteiger partial charge in [-0.05, 0) is 57.7 Å². The highest BCUT2D eigenvalue weighted by molar-refractivity contribution is 6.34. The Morgan fingerprint density at radius 2 is 1.70 bits per heavy atom. The fourth-order valence-corrected chi connectivity index (χ4v) is 5.28. The number of likely N-dealkylation sites (tertiary alicyclic amines) is 1. The summed E-state index contributed by atoms with van der Waals surface area (Å²) in [5.41, 5.74) is 0.401. The van der Waals surface area contributed by atoms with Crippen LogP contribution in [0.5, 0.6) is 0 Å². The Morgan fingerprint density at radius 1 is 1.00 bits per heavy atom. The smallest absolute Gasteiger partial charge is 0.410 e. The van der Waals surface area contributed by atoms with E-state index in [9.17, 15) is 19.2 Å². The van der Waals surface area contributed by atoms with Crippen LogP contribution in [0.25, 0.3) is 0 Å². The number of piperidine rings is 1. The maximum absolute atomic E-state index is 13.2. The average molecular weight is 578 g/mol. The monoisotopic (exact) mass is 577 g/mol. The van der Waals surface area contributed by atoms with Crippen molar-refractivity contribution >= 4 is 41.2 Å². The second-order valence-electron chi connectivity index (χ2n) is 11.5. The van der Waals surface area contributed by atoms with Crippen molar-refractivity contribution < 1.29 is 28.7 Å². The van der Waals surface area contributed by atoms with Gasteiger partial charge < -0.3 is 19.3 Å². The number of carbonyl (C=O) groups excluding carboxylic acids is 4. The first-order chi connectivity index (χ1) is 19.0. The third kappa shape index (κ3) is 8.08. The van der Waals surface area contributed by atoms with Crippen LogP contribution in [0.15, 0.2) is 18.2 Å². The Kier molecular flexibility index (Phi) is 9.91. The molecule has 3 aliphatic rings. The van der Waals surface area contributed by atoms with Crippen molar-refractivity contribution in [1.82, 2.24) is 20.0 Å². The lowest BCUT2D eigenvalue weighted by Crippen LogP contribution is -2.50. The standard InChI is InChI=1S/C28H40ClN5O6/c1-28(2,3)40-27(38)33-14-12-31(13-15-33)16-17-39-19-20-6-9-32(10-7-20)25(36)21-4-5-22(29)23(18-21)34-11-8-24(35)30-26(34)37/h4-5,18,20H,6-17,19H2,1-3H3,(H,30,35,37). The van der Waals surface area contributed by atoms with E-state index in [4.69, 9.17) is 21.1 Å². The molecule has 3 heterocycles. The van der Waals surface area contributed by atoms with Crippen molar-refractivity contribution in [3.8, 4) is 0 Å². The molecule has 11 nitrogen and oxygen atoms in total. The molecule has 0 aliphatic carbocycles. The number of nitrogens with zero attached hydrogens (tertiary/aromatic N) is 4. The van der Waals surface area contributed by atoms with Crippen LogP contribution in [0, 0.1) is 5.92 Å². The van der Waals surface area contributed by atoms with E-state index < -0.39 is 11.6 Å². The number of imide groups is 1. The van der Waals surface area contributed by atoms with Crippen LogP contribution in [-0.4, -0.2) is 110 Å². The van der Waals surface area contributed by atoms with Crippen LogP contribution < -0.4 is 10.2 Å². The number of nitrogens with one attached hydrogen (secondary N) is 1. The lowest BCUT2D eigenvalue weighted by molar-refractivity contribution is -0.120. The molecule has 0 spiro atoms. The number of hydrogen-bond donors (Lipinski definition) is 1. The third-order valence-corrected chi connectivity index (χ3v) is 7.69. The fraction of sp³-hybridized carbons (Fsp3) is 0.643. The normalized spacial score (nSPS) is 19.6. The first-order valence-electron chi connectivity index (χ1n) is 14.0. The average Bonchev–Trinajstić information content (AvgIpc) is 2.91. The lowest BCUT2D eigenvalue weighted by atomic mass is 9.97. The van der Waals surface area contributed by atoms with E-state index in [1.54, 1.807) is 23.1 Å². The first kappa shape index (κ1) is 30.1. The van der Waals surface area contributed by atoms with Crippen LogP contribution in [-0.2, 0) is 14.3 Å². The Labute approximate surface area is 240 Å². The molecule has 0 saturated carbocycles. The molecule has 40 heavy (non-hydrogen) atoms. The number of rotatable bonds is 7. The summed E-state index contributed by atoms with van der Waals surface area (Å²) in [5.74, 6) is -0.0330. The van der Waals surface area contributed by atoms with Gasteiger partial charge in [0.1, 0.15) is 5.60 Å². The van der Waals surface area contributed by atoms with E-state index in [-0.39, 0.29) is 30.9 Å². The Morgan fingerprint density at radius 3 is 2.35 bits per heavy atom. The highest BCUT2D eigenvalue weighted by Gasteiger charge is 2.29. The van der Waals surface area contributed by atoms with E-state index in [1.165, 1.54) is 4.90 Å². The molecule has 1 N–H and O–H groups in total. The molecule has 0 atom stereocenters. The number of benzene rings is 1. The van der Waals surface area contributed by atoms with Gasteiger partial charge in [0.2, 0.25) is 5.91 Å². The Hall–Kier alpha value is -2.89. The van der Waals surface area contributed by atoms with Gasteiger partial charge in [0.15, 0.2) is 0 Å². The minimum Gasteiger partial charge on any atom is -0.444 e. The number of halogens is 1. The number of carbonyl (C=O) groups is 4. The number of anilines is 1. The van der Waals surface area contributed by atoms with Gasteiger partial charge >= 0.3 is 12.1 Å². The molecule has 0 bridgehead atoms. The molecular formula is C28H40ClN5O6. The number of ether oxygens (including phenoxy) is 2. The predicted molar refractivity (Wildman–Crippen MR) is 151 cm³/mol. The zero-order valence-electron chi connectivity index (χ0n) is 23.6. The second kappa shape index (κ2) is 13.2. The molecule has 5 amide bonds. The van der Waals surface area contributed by atoms with Crippen molar-refractivity contribution in [2.45, 2.75) is 45.6 Å². The quantitative estimate of drug-likeness (QED) is 0.495. The van der Waals surface area contributed by atoms with Crippen molar-refractivity contribution in [3.05, 3.63) is 28.8 Å². The van der Waals surface area contributed by atoms with Gasteiger partial charge in [0.25, 0.3) is 5.91 Å². The minimum absolute atomic E-state index is 0.101. The molecule has 3 aliphatic heterocycles. The summed E-state index contributed by atoms with van der Waals surface area (Å²) in [6.07, 6.45) is 1.65. The first-order valence-corrected chi connectivity index (χ1v) is 14.4. The molecule has 12 heteroatoms. The van der Waals surface area contributed by atoms with Gasteiger partial charge in [-0.25, -0.2) is 9.59 Å². The van der Waals surface area contributed by atoms with E-state index in [0.29, 0.717) is 61.6 Å². The molecule has 0 aromatic heterocycles. The van der Waals surface area contributed by atoms with Crippen LogP contribution in [0.2, 0.25) is 5.02 Å². The fourth-order valence-electron chi connectivity index (χ4n) is 5.06. The molecule has 4 rings (SSSR count). The largest absolute Gasteiger partial charge is 0.444 e. The summed E-state index contributed by atoms with van der Waals surface area (Å²) >= 11 is 6.32. The molecule has 1 aromatic rings. The second-order valence-corrected chi connectivity index (χ2v) is 11.9. The van der Waals surface area contributed by atoms with E-state index in [2.05, 4.69) is 10.2 Å². The number of piperazine rings is 1. The highest BCUT2D eigenvalue weighted by Crippen LogP contribution is 2.29. The topological polar surface area (TPSA) is 112 Å². The van der Waals surface area contributed by atoms with Gasteiger partial charge in [-0.2, -0.15) is 0 Å². The SMILES string of the molecule is CC(C)(C)OC(=O)N1CCN(CCOCC2CCN(C(=O)c3ccc(Cl)c(N4CCC(=O)NC4=O)c3)CC2)CC1. The highest BCUT2D eigenvalue weighted by atomic mass is 35.5. The molecule has 220 valence electrons. The lowest BCUT2D eigenvalue weighted by Gasteiger charge is -2.35. The maximum Gasteiger partial charge on any atom is 0.410 e. The summed E-state index contributed by atoms with van der Waals surface area (Å²) in [6.45, 7) is 12.1. The van der Waals surface area contributed by atoms with Crippen molar-refractivity contribution in [2.24, 2.45) is 5.92 Å². The van der Waals surface area contributed by atoms with Crippen molar-refractivity contribution in [2.75, 3.05) is 70.5 Å². The molecule has 0 unspecified atom stereocenters. The van der Waals surface area contributed by atoms with Crippen LogP contribution in [0.3, 0.4) is 0 Å². The summed E-state index contributed by atoms with van der Waals surface area (Å²) in [7, 11) is 0. The Bertz CT molecular complexity index is 1090. The molecule has 3 fully saturated rings. The summed E-state index contributed by atoms with van der Waals surface area (Å²) in [6, 6.07) is 4.38. The Balaban J connectivity index is 1.16. The molecule has 3 saturated heterocycles. The molecular weight excluding hydrogens is 538 g/mol.